The number of hydrogen-bond acceptors (Lipinski definition) is 0. The molecule has 0 radical (unpaired) electrons. The molecule has 88 valence electrons. The largest absolute Gasteiger partial charge is 0.117 e. The number of benzene rings is 2. The summed E-state index contributed by atoms with van der Waals surface area (Å²) < 4.78 is 0. The summed E-state index contributed by atoms with van der Waals surface area (Å²) in [7, 11) is 0. The van der Waals surface area contributed by atoms with Crippen LogP contribution >= 0.6 is 11.6 Å². The third-order valence-electron chi connectivity index (χ3n) is 3.93. The molecule has 0 amide bonds. The topological polar surface area (TPSA) is 0 Å². The van der Waals surface area contributed by atoms with Gasteiger partial charge in [0.2, 0.25) is 0 Å². The smallest absolute Gasteiger partial charge is 0.0619 e. The quantitative estimate of drug-likeness (QED) is 0.628. The van der Waals surface area contributed by atoms with Gasteiger partial charge < -0.3 is 0 Å². The summed E-state index contributed by atoms with van der Waals surface area (Å²) >= 11 is 6.69. The zero-order valence-corrected chi connectivity index (χ0v) is 10.7. The average Bonchev–Trinajstić information content (AvgIpc) is 2.91. The normalized spacial score (nSPS) is 18.6. The van der Waals surface area contributed by atoms with Gasteiger partial charge in [0.05, 0.1) is 5.38 Å². The lowest BCUT2D eigenvalue weighted by Crippen LogP contribution is -2.03. The fourth-order valence-electron chi connectivity index (χ4n) is 2.99. The van der Waals surface area contributed by atoms with Gasteiger partial charge in [-0.3, -0.25) is 0 Å². The van der Waals surface area contributed by atoms with Crippen LogP contribution in [0.3, 0.4) is 0 Å². The van der Waals surface area contributed by atoms with E-state index in [4.69, 9.17) is 11.6 Å². The summed E-state index contributed by atoms with van der Waals surface area (Å²) in [5.74, 6) is 0.669. The molecule has 0 N–H and O–H groups in total. The second-order valence-corrected chi connectivity index (χ2v) is 5.48. The summed E-state index contributed by atoms with van der Waals surface area (Å²) in [6.07, 6.45) is 5.27. The Labute approximate surface area is 108 Å². The molecule has 0 spiro atoms. The predicted octanol–water partition coefficient (Wildman–Crippen LogP) is 5.31. The highest BCUT2D eigenvalue weighted by molar-refractivity contribution is 6.22. The minimum Gasteiger partial charge on any atom is -0.117 e. The monoisotopic (exact) mass is 244 g/mol. The highest BCUT2D eigenvalue weighted by atomic mass is 35.5. The van der Waals surface area contributed by atoms with Gasteiger partial charge in [0.1, 0.15) is 0 Å². The summed E-state index contributed by atoms with van der Waals surface area (Å²) in [6, 6.07) is 15.0. The molecule has 1 unspecified atom stereocenters. The minimum absolute atomic E-state index is 0.184. The molecule has 3 rings (SSSR count). The van der Waals surface area contributed by atoms with Crippen molar-refractivity contribution in [3.8, 4) is 0 Å². The van der Waals surface area contributed by atoms with Crippen LogP contribution in [0.5, 0.6) is 0 Å². The molecule has 0 heterocycles. The van der Waals surface area contributed by atoms with Gasteiger partial charge in [0, 0.05) is 0 Å². The van der Waals surface area contributed by atoms with Crippen LogP contribution < -0.4 is 0 Å². The first-order valence-electron chi connectivity index (χ1n) is 6.48. The van der Waals surface area contributed by atoms with E-state index in [1.54, 1.807) is 0 Å². The van der Waals surface area contributed by atoms with Crippen molar-refractivity contribution in [3.63, 3.8) is 0 Å². The van der Waals surface area contributed by atoms with Crippen molar-refractivity contribution in [3.05, 3.63) is 48.0 Å². The summed E-state index contributed by atoms with van der Waals surface area (Å²) in [5.41, 5.74) is 1.32. The molecule has 17 heavy (non-hydrogen) atoms. The van der Waals surface area contributed by atoms with Crippen LogP contribution in [-0.2, 0) is 0 Å². The van der Waals surface area contributed by atoms with Crippen molar-refractivity contribution in [2.45, 2.75) is 31.1 Å². The summed E-state index contributed by atoms with van der Waals surface area (Å²) in [4.78, 5) is 0. The van der Waals surface area contributed by atoms with E-state index in [0.717, 1.165) is 0 Å². The third kappa shape index (κ3) is 2.07. The number of hydrogen-bond donors (Lipinski definition) is 0. The predicted molar refractivity (Wildman–Crippen MR) is 74.5 cm³/mol. The van der Waals surface area contributed by atoms with Crippen LogP contribution in [0.1, 0.15) is 36.6 Å². The van der Waals surface area contributed by atoms with E-state index < -0.39 is 0 Å². The Morgan fingerprint density at radius 2 is 1.65 bits per heavy atom. The van der Waals surface area contributed by atoms with Crippen LogP contribution in [0.25, 0.3) is 10.8 Å². The van der Waals surface area contributed by atoms with Crippen LogP contribution in [0.2, 0.25) is 0 Å². The van der Waals surface area contributed by atoms with Gasteiger partial charge >= 0.3 is 0 Å². The van der Waals surface area contributed by atoms with Crippen molar-refractivity contribution in [1.82, 2.24) is 0 Å². The molecule has 0 aromatic heterocycles. The van der Waals surface area contributed by atoms with E-state index in [9.17, 15) is 0 Å². The molecule has 1 atom stereocenters. The number of rotatable bonds is 2. The van der Waals surface area contributed by atoms with E-state index in [2.05, 4.69) is 42.5 Å². The average molecular weight is 245 g/mol. The molecule has 0 aliphatic heterocycles. The van der Waals surface area contributed by atoms with Crippen LogP contribution in [0.15, 0.2) is 42.5 Å². The molecular weight excluding hydrogens is 228 g/mol. The lowest BCUT2D eigenvalue weighted by atomic mass is 9.93. The van der Waals surface area contributed by atoms with E-state index >= 15 is 0 Å². The first kappa shape index (κ1) is 11.1. The van der Waals surface area contributed by atoms with E-state index in [-0.39, 0.29) is 5.38 Å². The Morgan fingerprint density at radius 3 is 2.47 bits per heavy atom. The standard InChI is InChI=1S/C16H17Cl/c17-16(13-7-1-2-8-13)15-11-5-9-12-6-3-4-10-14(12)15/h3-6,9-11,13,16H,1-2,7-8H2. The maximum Gasteiger partial charge on any atom is 0.0619 e. The van der Waals surface area contributed by atoms with Crippen molar-refractivity contribution in [2.75, 3.05) is 0 Å². The van der Waals surface area contributed by atoms with Crippen molar-refractivity contribution >= 4 is 22.4 Å². The fourth-order valence-corrected chi connectivity index (χ4v) is 3.44. The molecule has 1 aliphatic rings. The highest BCUT2D eigenvalue weighted by Crippen LogP contribution is 2.41. The first-order valence-corrected chi connectivity index (χ1v) is 6.91. The van der Waals surface area contributed by atoms with Gasteiger partial charge in [-0.25, -0.2) is 0 Å². The van der Waals surface area contributed by atoms with Gasteiger partial charge in [0.15, 0.2) is 0 Å². The van der Waals surface area contributed by atoms with Crippen LogP contribution in [0, 0.1) is 5.92 Å². The van der Waals surface area contributed by atoms with Gasteiger partial charge in [-0.1, -0.05) is 55.3 Å². The third-order valence-corrected chi connectivity index (χ3v) is 4.53. The molecule has 1 aliphatic carbocycles. The SMILES string of the molecule is ClC(c1cccc2ccccc12)C1CCCC1. The molecule has 0 saturated heterocycles. The number of halogens is 1. The Morgan fingerprint density at radius 1 is 0.941 bits per heavy atom. The lowest BCUT2D eigenvalue weighted by Gasteiger charge is -2.18. The lowest BCUT2D eigenvalue weighted by molar-refractivity contribution is 0.531. The van der Waals surface area contributed by atoms with Crippen molar-refractivity contribution < 1.29 is 0 Å². The first-order chi connectivity index (χ1) is 8.36. The fraction of sp³-hybridized carbons (Fsp3) is 0.375. The molecule has 0 bridgehead atoms. The Balaban J connectivity index is 2.04. The van der Waals surface area contributed by atoms with Gasteiger partial charge in [-0.15, -0.1) is 11.6 Å². The van der Waals surface area contributed by atoms with E-state index in [1.807, 2.05) is 0 Å². The molecular formula is C16H17Cl. The van der Waals surface area contributed by atoms with Gasteiger partial charge in [-0.05, 0) is 35.1 Å². The van der Waals surface area contributed by atoms with Crippen molar-refractivity contribution in [2.24, 2.45) is 5.92 Å². The Kier molecular flexibility index (Phi) is 3.07. The zero-order chi connectivity index (χ0) is 11.7. The van der Waals surface area contributed by atoms with E-state index in [1.165, 1.54) is 42.0 Å². The maximum absolute atomic E-state index is 6.69. The molecule has 2 aromatic rings. The second kappa shape index (κ2) is 4.70. The summed E-state index contributed by atoms with van der Waals surface area (Å²) in [5, 5.41) is 2.80. The van der Waals surface area contributed by atoms with E-state index in [0.29, 0.717) is 5.92 Å². The summed E-state index contributed by atoms with van der Waals surface area (Å²) in [6.45, 7) is 0. The second-order valence-electron chi connectivity index (χ2n) is 5.01. The Bertz CT molecular complexity index is 506. The molecule has 1 heteroatoms. The molecule has 1 saturated carbocycles. The highest BCUT2D eigenvalue weighted by Gasteiger charge is 2.25. The number of alkyl halides is 1. The molecule has 2 aromatic carbocycles. The maximum atomic E-state index is 6.69. The minimum atomic E-state index is 0.184. The zero-order valence-electron chi connectivity index (χ0n) is 9.90. The van der Waals surface area contributed by atoms with Gasteiger partial charge in [-0.2, -0.15) is 0 Å². The van der Waals surface area contributed by atoms with Crippen LogP contribution in [0.4, 0.5) is 0 Å². The molecule has 0 nitrogen and oxygen atoms in total. The van der Waals surface area contributed by atoms with Crippen LogP contribution in [-0.4, -0.2) is 0 Å². The Hall–Kier alpha value is -1.01. The molecule has 1 fully saturated rings. The number of fused-ring (bicyclic) bond motifs is 1. The van der Waals surface area contributed by atoms with Gasteiger partial charge in [0.25, 0.3) is 0 Å². The van der Waals surface area contributed by atoms with Crippen molar-refractivity contribution in [1.29, 1.82) is 0 Å².